The topological polar surface area (TPSA) is 99.7 Å². The second kappa shape index (κ2) is 9.75. The third kappa shape index (κ3) is 4.59. The van der Waals surface area contributed by atoms with E-state index in [4.69, 9.17) is 27.9 Å². The highest BCUT2D eigenvalue weighted by atomic mass is 35.5. The van der Waals surface area contributed by atoms with Gasteiger partial charge in [0.1, 0.15) is 11.3 Å². The number of amides is 2. The third-order valence-electron chi connectivity index (χ3n) is 5.67. The second-order valence-corrected chi connectivity index (χ2v) is 8.80. The van der Waals surface area contributed by atoms with E-state index in [1.54, 1.807) is 18.2 Å². The molecule has 0 aliphatic carbocycles. The first-order valence-corrected chi connectivity index (χ1v) is 11.6. The van der Waals surface area contributed by atoms with E-state index in [-0.39, 0.29) is 71.0 Å². The fourth-order valence-corrected chi connectivity index (χ4v) is 4.59. The number of nitrogens with one attached hydrogen (secondary N) is 2. The number of carbonyl (C=O) groups is 2. The van der Waals surface area contributed by atoms with Crippen molar-refractivity contribution in [2.45, 2.75) is 6.42 Å². The standard InChI is InChI=1S/C23H18Cl2F2N6O3/c24-14-2-1-3-15(25)19(14)33-11-36-21-13(22(33)35)10-29-23(31-21)30-12-8-16(26)20(17(27)9-12)32-6-4-18(34)28-5-7-32/h1-3,8-10H,4-7,11H2,(H,28,34)(H,29,30,31). The van der Waals surface area contributed by atoms with Crippen LogP contribution >= 0.6 is 23.2 Å². The molecule has 2 aliphatic rings. The quantitative estimate of drug-likeness (QED) is 0.519. The number of ether oxygens (including phenoxy) is 1. The highest BCUT2D eigenvalue weighted by Crippen LogP contribution is 2.37. The molecule has 0 unspecified atom stereocenters. The van der Waals surface area contributed by atoms with Gasteiger partial charge in [-0.3, -0.25) is 14.5 Å². The number of anilines is 4. The molecule has 36 heavy (non-hydrogen) atoms. The molecule has 0 radical (unpaired) electrons. The summed E-state index contributed by atoms with van der Waals surface area (Å²) in [7, 11) is 0. The molecule has 13 heteroatoms. The summed E-state index contributed by atoms with van der Waals surface area (Å²) in [5.41, 5.74) is 0.217. The summed E-state index contributed by atoms with van der Waals surface area (Å²) in [6.45, 7) is 0.570. The van der Waals surface area contributed by atoms with Crippen molar-refractivity contribution in [1.29, 1.82) is 0 Å². The van der Waals surface area contributed by atoms with Crippen molar-refractivity contribution in [3.05, 3.63) is 63.8 Å². The van der Waals surface area contributed by atoms with Gasteiger partial charge in [0, 0.05) is 37.9 Å². The summed E-state index contributed by atoms with van der Waals surface area (Å²) < 4.78 is 35.3. The van der Waals surface area contributed by atoms with Crippen LogP contribution in [0.3, 0.4) is 0 Å². The van der Waals surface area contributed by atoms with Crippen LogP contribution in [0.1, 0.15) is 16.8 Å². The van der Waals surface area contributed by atoms with E-state index in [0.717, 1.165) is 12.1 Å². The Kier molecular flexibility index (Phi) is 6.50. The Balaban J connectivity index is 1.36. The number of para-hydroxylation sites is 1. The Morgan fingerprint density at radius 1 is 1.06 bits per heavy atom. The van der Waals surface area contributed by atoms with Crippen LogP contribution in [-0.2, 0) is 4.79 Å². The third-order valence-corrected chi connectivity index (χ3v) is 6.28. The smallest absolute Gasteiger partial charge is 0.268 e. The van der Waals surface area contributed by atoms with Crippen LogP contribution in [0.2, 0.25) is 10.0 Å². The highest BCUT2D eigenvalue weighted by Gasteiger charge is 2.31. The summed E-state index contributed by atoms with van der Waals surface area (Å²) in [5.74, 6) is -2.27. The van der Waals surface area contributed by atoms with Gasteiger partial charge in [0.05, 0.1) is 15.7 Å². The molecule has 1 saturated heterocycles. The number of benzene rings is 2. The van der Waals surface area contributed by atoms with Gasteiger partial charge in [-0.15, -0.1) is 0 Å². The first-order chi connectivity index (χ1) is 17.3. The lowest BCUT2D eigenvalue weighted by molar-refractivity contribution is -0.120. The molecule has 2 amide bonds. The number of aromatic nitrogens is 2. The number of fused-ring (bicyclic) bond motifs is 1. The van der Waals surface area contributed by atoms with Crippen LogP contribution < -0.4 is 25.2 Å². The van der Waals surface area contributed by atoms with E-state index in [0.29, 0.717) is 12.2 Å². The van der Waals surface area contributed by atoms with E-state index in [9.17, 15) is 18.4 Å². The Morgan fingerprint density at radius 3 is 2.50 bits per heavy atom. The van der Waals surface area contributed by atoms with Crippen LogP contribution in [-0.4, -0.2) is 48.1 Å². The predicted octanol–water partition coefficient (Wildman–Crippen LogP) is 4.13. The SMILES string of the molecule is O=C1CCN(c2c(F)cc(Nc3ncc4c(n3)OCN(c3c(Cl)cccc3Cl)C4=O)cc2F)CCN1. The van der Waals surface area contributed by atoms with Crippen LogP contribution in [0.25, 0.3) is 0 Å². The molecule has 1 aromatic heterocycles. The lowest BCUT2D eigenvalue weighted by atomic mass is 10.2. The van der Waals surface area contributed by atoms with Gasteiger partial charge in [0.15, 0.2) is 18.4 Å². The number of carbonyl (C=O) groups excluding carboxylic acids is 2. The minimum Gasteiger partial charge on any atom is -0.455 e. The summed E-state index contributed by atoms with van der Waals surface area (Å²) in [4.78, 5) is 35.5. The van der Waals surface area contributed by atoms with Gasteiger partial charge >= 0.3 is 0 Å². The van der Waals surface area contributed by atoms with Gasteiger partial charge < -0.3 is 20.3 Å². The van der Waals surface area contributed by atoms with Crippen molar-refractivity contribution in [2.24, 2.45) is 0 Å². The zero-order chi connectivity index (χ0) is 25.4. The average molecular weight is 535 g/mol. The number of nitrogens with zero attached hydrogens (tertiary/aromatic N) is 4. The number of hydrogen-bond donors (Lipinski definition) is 2. The molecule has 186 valence electrons. The van der Waals surface area contributed by atoms with Crippen LogP contribution in [0.4, 0.5) is 31.8 Å². The number of rotatable bonds is 4. The van der Waals surface area contributed by atoms with Gasteiger partial charge in [-0.25, -0.2) is 13.8 Å². The maximum atomic E-state index is 14.9. The monoisotopic (exact) mass is 534 g/mol. The first-order valence-electron chi connectivity index (χ1n) is 10.8. The molecule has 2 aromatic carbocycles. The largest absolute Gasteiger partial charge is 0.455 e. The predicted molar refractivity (Wildman–Crippen MR) is 130 cm³/mol. The van der Waals surface area contributed by atoms with Crippen LogP contribution in [0, 0.1) is 11.6 Å². The molecule has 0 spiro atoms. The van der Waals surface area contributed by atoms with E-state index >= 15 is 0 Å². The molecule has 3 heterocycles. The lowest BCUT2D eigenvalue weighted by Crippen LogP contribution is -2.39. The summed E-state index contributed by atoms with van der Waals surface area (Å²) in [6, 6.07) is 7.06. The van der Waals surface area contributed by atoms with Gasteiger partial charge in [-0.05, 0) is 24.3 Å². The molecule has 0 atom stereocenters. The molecule has 9 nitrogen and oxygen atoms in total. The molecular weight excluding hydrogens is 517 g/mol. The maximum Gasteiger partial charge on any atom is 0.268 e. The Morgan fingerprint density at radius 2 is 1.78 bits per heavy atom. The van der Waals surface area contributed by atoms with Crippen molar-refractivity contribution in [2.75, 3.05) is 41.5 Å². The van der Waals surface area contributed by atoms with E-state index in [2.05, 4.69) is 20.6 Å². The van der Waals surface area contributed by atoms with Crippen molar-refractivity contribution >= 4 is 58.0 Å². The lowest BCUT2D eigenvalue weighted by Gasteiger charge is -2.29. The molecule has 2 N–H and O–H groups in total. The summed E-state index contributed by atoms with van der Waals surface area (Å²) in [5, 5.41) is 5.94. The van der Waals surface area contributed by atoms with Gasteiger partial charge in [0.25, 0.3) is 5.91 Å². The van der Waals surface area contributed by atoms with Crippen molar-refractivity contribution in [3.63, 3.8) is 0 Å². The van der Waals surface area contributed by atoms with E-state index in [1.807, 2.05) is 0 Å². The van der Waals surface area contributed by atoms with Gasteiger partial charge in [-0.1, -0.05) is 29.3 Å². The van der Waals surface area contributed by atoms with Crippen LogP contribution in [0.15, 0.2) is 36.5 Å². The van der Waals surface area contributed by atoms with Crippen molar-refractivity contribution in [3.8, 4) is 5.88 Å². The molecule has 5 rings (SSSR count). The zero-order valence-electron chi connectivity index (χ0n) is 18.5. The van der Waals surface area contributed by atoms with Crippen molar-refractivity contribution in [1.82, 2.24) is 15.3 Å². The molecule has 3 aromatic rings. The Bertz CT molecular complexity index is 1330. The molecule has 0 bridgehead atoms. The molecule has 1 fully saturated rings. The normalized spacial score (nSPS) is 15.7. The highest BCUT2D eigenvalue weighted by molar-refractivity contribution is 6.40. The minimum atomic E-state index is -0.802. The van der Waals surface area contributed by atoms with Crippen molar-refractivity contribution < 1.29 is 23.1 Å². The first kappa shape index (κ1) is 24.0. The Hall–Kier alpha value is -3.70. The average Bonchev–Trinajstić information content (AvgIpc) is 3.04. The van der Waals surface area contributed by atoms with Crippen LogP contribution in [0.5, 0.6) is 5.88 Å². The zero-order valence-corrected chi connectivity index (χ0v) is 20.0. The second-order valence-electron chi connectivity index (χ2n) is 7.99. The minimum absolute atomic E-state index is 0.00350. The summed E-state index contributed by atoms with van der Waals surface area (Å²) in [6.07, 6.45) is 1.38. The molecule has 0 saturated carbocycles. The number of hydrogen-bond acceptors (Lipinski definition) is 7. The fraction of sp³-hybridized carbons (Fsp3) is 0.217. The van der Waals surface area contributed by atoms with Gasteiger partial charge in [-0.2, -0.15) is 4.98 Å². The Labute approximate surface area is 214 Å². The number of halogens is 4. The van der Waals surface area contributed by atoms with E-state index < -0.39 is 17.5 Å². The van der Waals surface area contributed by atoms with E-state index in [1.165, 1.54) is 16.0 Å². The van der Waals surface area contributed by atoms with Gasteiger partial charge in [0.2, 0.25) is 17.7 Å². The fourth-order valence-electron chi connectivity index (χ4n) is 3.99. The maximum absolute atomic E-state index is 14.9. The molecule has 2 aliphatic heterocycles. The molecular formula is C23H18Cl2F2N6O3. The summed E-state index contributed by atoms with van der Waals surface area (Å²) >= 11 is 12.4.